The van der Waals surface area contributed by atoms with E-state index in [2.05, 4.69) is 21.5 Å². The molecule has 2 N–H and O–H groups in total. The molecule has 0 radical (unpaired) electrons. The lowest BCUT2D eigenvalue weighted by Crippen LogP contribution is -2.45. The third-order valence-electron chi connectivity index (χ3n) is 6.82. The molecule has 4 aromatic rings. The molecular formula is C29H29N5O6. The Morgan fingerprint density at radius 1 is 1.07 bits per heavy atom. The van der Waals surface area contributed by atoms with E-state index in [1.54, 1.807) is 28.8 Å². The smallest absolute Gasteiger partial charge is 0.338 e. The fraction of sp³-hybridized carbons (Fsp3) is 0.276. The summed E-state index contributed by atoms with van der Waals surface area (Å²) < 4.78 is 25.0. The molecule has 11 nitrogen and oxygen atoms in total. The van der Waals surface area contributed by atoms with Gasteiger partial charge in [-0.15, -0.1) is 0 Å². The van der Waals surface area contributed by atoms with E-state index < -0.39 is 29.9 Å². The minimum atomic E-state index is -1.37. The summed E-state index contributed by atoms with van der Waals surface area (Å²) >= 11 is 0. The van der Waals surface area contributed by atoms with Gasteiger partial charge in [-0.2, -0.15) is 9.97 Å². The first-order chi connectivity index (χ1) is 19.2. The van der Waals surface area contributed by atoms with Crippen molar-refractivity contribution in [3.05, 3.63) is 89.8 Å². The van der Waals surface area contributed by atoms with Gasteiger partial charge in [0, 0.05) is 6.42 Å². The number of anilines is 1. The van der Waals surface area contributed by atoms with Crippen LogP contribution in [0.3, 0.4) is 0 Å². The highest BCUT2D eigenvalue weighted by Gasteiger charge is 2.51. The number of nitrogens with two attached hydrogens (primary N) is 1. The summed E-state index contributed by atoms with van der Waals surface area (Å²) in [5.41, 5.74) is 8.06. The van der Waals surface area contributed by atoms with Crippen LogP contribution in [0.15, 0.2) is 67.5 Å². The molecule has 40 heavy (non-hydrogen) atoms. The summed E-state index contributed by atoms with van der Waals surface area (Å²) in [7, 11) is 1.46. The molecule has 206 valence electrons. The summed E-state index contributed by atoms with van der Waals surface area (Å²) in [6.07, 6.45) is 1.60. The highest BCUT2D eigenvalue weighted by Crippen LogP contribution is 2.42. The van der Waals surface area contributed by atoms with Crippen molar-refractivity contribution in [3.63, 3.8) is 0 Å². The summed E-state index contributed by atoms with van der Waals surface area (Å²) in [4.78, 5) is 38.8. The monoisotopic (exact) mass is 543 g/mol. The SMILES string of the molecule is C=C[C@]1(COC(=O)c2ccc(C)cc2)O[C@@H](n2cnc3c(OC)nc(N)nc32)C[C@@H]1OC(=O)c1ccc(C)cc1. The number of benzene rings is 2. The molecule has 0 spiro atoms. The minimum absolute atomic E-state index is 0.00606. The van der Waals surface area contributed by atoms with Gasteiger partial charge in [0.25, 0.3) is 0 Å². The molecule has 11 heteroatoms. The molecular weight excluding hydrogens is 514 g/mol. The Morgan fingerprint density at radius 2 is 1.70 bits per heavy atom. The molecule has 5 rings (SSSR count). The number of hydrogen-bond acceptors (Lipinski definition) is 10. The number of imidazole rings is 1. The van der Waals surface area contributed by atoms with Crippen molar-refractivity contribution in [1.82, 2.24) is 19.5 Å². The third kappa shape index (κ3) is 5.10. The fourth-order valence-electron chi connectivity index (χ4n) is 4.54. The van der Waals surface area contributed by atoms with E-state index in [1.165, 1.54) is 19.5 Å². The fourth-order valence-corrected chi connectivity index (χ4v) is 4.54. The Morgan fingerprint density at radius 3 is 2.30 bits per heavy atom. The zero-order chi connectivity index (χ0) is 28.4. The van der Waals surface area contributed by atoms with Crippen molar-refractivity contribution in [2.75, 3.05) is 19.5 Å². The molecule has 0 aliphatic carbocycles. The number of nitrogens with zero attached hydrogens (tertiary/aromatic N) is 4. The average Bonchev–Trinajstić information content (AvgIpc) is 3.53. The van der Waals surface area contributed by atoms with E-state index in [-0.39, 0.29) is 24.9 Å². The van der Waals surface area contributed by atoms with E-state index >= 15 is 0 Å². The topological polar surface area (TPSA) is 141 Å². The molecule has 0 unspecified atom stereocenters. The molecule has 0 saturated carbocycles. The number of methoxy groups -OCH3 is 1. The van der Waals surface area contributed by atoms with Crippen molar-refractivity contribution >= 4 is 29.1 Å². The average molecular weight is 544 g/mol. The van der Waals surface area contributed by atoms with E-state index in [9.17, 15) is 9.59 Å². The maximum absolute atomic E-state index is 13.1. The number of rotatable bonds is 8. The van der Waals surface area contributed by atoms with E-state index in [0.29, 0.717) is 22.3 Å². The maximum Gasteiger partial charge on any atom is 0.338 e. The standard InChI is InChI=1S/C29H29N5O6/c1-5-29(15-38-26(35)19-10-6-17(2)7-11-19)21(39-27(36)20-12-8-18(3)9-13-20)14-22(40-29)34-16-31-23-24(34)32-28(30)33-25(23)37-4/h5-13,16,21-22H,1,14-15H2,2-4H3,(H2,30,32,33)/t21-,22+,29+/m0/s1. The number of nitrogen functional groups attached to an aromatic ring is 1. The minimum Gasteiger partial charge on any atom is -0.479 e. The van der Waals surface area contributed by atoms with E-state index in [4.69, 9.17) is 24.7 Å². The van der Waals surface area contributed by atoms with Gasteiger partial charge in [-0.05, 0) is 38.1 Å². The van der Waals surface area contributed by atoms with Crippen LogP contribution in [-0.4, -0.2) is 56.9 Å². The van der Waals surface area contributed by atoms with Crippen LogP contribution in [0.2, 0.25) is 0 Å². The van der Waals surface area contributed by atoms with Gasteiger partial charge in [-0.25, -0.2) is 14.6 Å². The van der Waals surface area contributed by atoms with Crippen LogP contribution in [0.4, 0.5) is 5.95 Å². The van der Waals surface area contributed by atoms with E-state index in [1.807, 2.05) is 38.1 Å². The Labute approximate surface area is 230 Å². The second-order valence-electron chi connectivity index (χ2n) is 9.58. The summed E-state index contributed by atoms with van der Waals surface area (Å²) in [5, 5.41) is 0. The number of carbonyl (C=O) groups excluding carboxylic acids is 2. The third-order valence-corrected chi connectivity index (χ3v) is 6.82. The van der Waals surface area contributed by atoms with Crippen LogP contribution in [-0.2, 0) is 14.2 Å². The highest BCUT2D eigenvalue weighted by atomic mass is 16.6. The normalized spacial score (nSPS) is 20.3. The highest BCUT2D eigenvalue weighted by molar-refractivity contribution is 5.90. The van der Waals surface area contributed by atoms with Crippen LogP contribution < -0.4 is 10.5 Å². The van der Waals surface area contributed by atoms with Crippen molar-refractivity contribution in [2.45, 2.75) is 38.2 Å². The predicted octanol–water partition coefficient (Wildman–Crippen LogP) is 3.96. The molecule has 1 aliphatic heterocycles. The van der Waals surface area contributed by atoms with Crippen LogP contribution in [0.25, 0.3) is 11.2 Å². The molecule has 1 fully saturated rings. The quantitative estimate of drug-likeness (QED) is 0.256. The zero-order valence-corrected chi connectivity index (χ0v) is 22.4. The van der Waals surface area contributed by atoms with Gasteiger partial charge in [0.05, 0.1) is 24.6 Å². The number of esters is 2. The Hall–Kier alpha value is -4.77. The van der Waals surface area contributed by atoms with Crippen molar-refractivity contribution in [1.29, 1.82) is 0 Å². The Bertz CT molecular complexity index is 1570. The second kappa shape index (κ2) is 10.8. The molecule has 2 aromatic carbocycles. The van der Waals surface area contributed by atoms with E-state index in [0.717, 1.165) is 11.1 Å². The Balaban J connectivity index is 1.46. The molecule has 0 amide bonds. The van der Waals surface area contributed by atoms with Crippen molar-refractivity contribution < 1.29 is 28.5 Å². The number of aromatic nitrogens is 4. The van der Waals surface area contributed by atoms with Gasteiger partial charge in [0.2, 0.25) is 11.8 Å². The number of fused-ring (bicyclic) bond motifs is 1. The first-order valence-corrected chi connectivity index (χ1v) is 12.6. The van der Waals surface area contributed by atoms with Crippen molar-refractivity contribution in [2.24, 2.45) is 0 Å². The molecule has 1 saturated heterocycles. The number of hydrogen-bond donors (Lipinski definition) is 1. The number of carbonyl (C=O) groups is 2. The summed E-state index contributed by atoms with van der Waals surface area (Å²) in [6.45, 7) is 7.54. The maximum atomic E-state index is 13.1. The lowest BCUT2D eigenvalue weighted by molar-refractivity contribution is -0.102. The molecule has 1 aliphatic rings. The van der Waals surface area contributed by atoms with Crippen molar-refractivity contribution in [3.8, 4) is 5.88 Å². The summed E-state index contributed by atoms with van der Waals surface area (Å²) in [5.74, 6) is -0.888. The van der Waals surface area contributed by atoms with Gasteiger partial charge in [0.15, 0.2) is 16.8 Å². The van der Waals surface area contributed by atoms with Crippen LogP contribution in [0.1, 0.15) is 44.5 Å². The first-order valence-electron chi connectivity index (χ1n) is 12.6. The summed E-state index contributed by atoms with van der Waals surface area (Å²) in [6, 6.07) is 14.0. The molecule has 2 aromatic heterocycles. The predicted molar refractivity (Wildman–Crippen MR) is 146 cm³/mol. The Kier molecular flexibility index (Phi) is 7.22. The van der Waals surface area contributed by atoms with Gasteiger partial charge in [-0.1, -0.05) is 48.0 Å². The molecule has 0 bridgehead atoms. The lowest BCUT2D eigenvalue weighted by atomic mass is 9.97. The van der Waals surface area contributed by atoms with Gasteiger partial charge in [0.1, 0.15) is 18.9 Å². The first kappa shape index (κ1) is 26.8. The zero-order valence-electron chi connectivity index (χ0n) is 22.4. The number of ether oxygens (including phenoxy) is 4. The second-order valence-corrected chi connectivity index (χ2v) is 9.58. The lowest BCUT2D eigenvalue weighted by Gasteiger charge is -2.30. The van der Waals surface area contributed by atoms with Gasteiger partial charge in [-0.3, -0.25) is 4.57 Å². The largest absolute Gasteiger partial charge is 0.479 e. The van der Waals surface area contributed by atoms with Crippen LogP contribution in [0.5, 0.6) is 5.88 Å². The molecule has 3 heterocycles. The number of aryl methyl sites for hydroxylation is 2. The molecule has 3 atom stereocenters. The van der Waals surface area contributed by atoms with Gasteiger partial charge < -0.3 is 24.7 Å². The van der Waals surface area contributed by atoms with Gasteiger partial charge >= 0.3 is 11.9 Å². The van der Waals surface area contributed by atoms with Crippen LogP contribution >= 0.6 is 0 Å². The van der Waals surface area contributed by atoms with Crippen LogP contribution in [0, 0.1) is 13.8 Å².